The van der Waals surface area contributed by atoms with Gasteiger partial charge in [0, 0.05) is 5.56 Å². The van der Waals surface area contributed by atoms with Crippen molar-refractivity contribution in [3.05, 3.63) is 29.8 Å². The van der Waals surface area contributed by atoms with Gasteiger partial charge in [-0.15, -0.1) is 0 Å². The first-order valence-electron chi connectivity index (χ1n) is 7.78. The summed E-state index contributed by atoms with van der Waals surface area (Å²) in [6.45, 7) is 2.25. The van der Waals surface area contributed by atoms with E-state index in [0.29, 0.717) is 24.7 Å². The predicted molar refractivity (Wildman–Crippen MR) is 79.8 cm³/mol. The fourth-order valence-electron chi connectivity index (χ4n) is 2.99. The first-order chi connectivity index (χ1) is 9.70. The third kappa shape index (κ3) is 4.22. The Morgan fingerprint density at radius 2 is 1.90 bits per heavy atom. The molecular weight excluding hydrogens is 252 g/mol. The van der Waals surface area contributed by atoms with Gasteiger partial charge in [-0.05, 0) is 24.8 Å². The third-order valence-electron chi connectivity index (χ3n) is 4.18. The molecule has 2 rings (SSSR count). The summed E-state index contributed by atoms with van der Waals surface area (Å²) < 4.78 is 5.72. The smallest absolute Gasteiger partial charge is 0.125 e. The molecule has 0 bridgehead atoms. The lowest BCUT2D eigenvalue weighted by molar-refractivity contribution is 0.0826. The summed E-state index contributed by atoms with van der Waals surface area (Å²) in [7, 11) is 0. The summed E-state index contributed by atoms with van der Waals surface area (Å²) in [4.78, 5) is 0. The summed E-state index contributed by atoms with van der Waals surface area (Å²) in [6.07, 6.45) is 5.64. The first-order valence-corrected chi connectivity index (χ1v) is 7.78. The van der Waals surface area contributed by atoms with Crippen molar-refractivity contribution in [3.63, 3.8) is 0 Å². The van der Waals surface area contributed by atoms with E-state index in [2.05, 4.69) is 0 Å². The van der Waals surface area contributed by atoms with Crippen molar-refractivity contribution in [1.29, 1.82) is 0 Å². The molecule has 1 aromatic rings. The monoisotopic (exact) mass is 278 g/mol. The van der Waals surface area contributed by atoms with E-state index in [-0.39, 0.29) is 0 Å². The number of aliphatic hydroxyl groups is 2. The van der Waals surface area contributed by atoms with E-state index in [9.17, 15) is 10.2 Å². The summed E-state index contributed by atoms with van der Waals surface area (Å²) in [5.74, 6) is 1.34. The molecule has 1 fully saturated rings. The summed E-state index contributed by atoms with van der Waals surface area (Å²) in [5, 5.41) is 20.0. The van der Waals surface area contributed by atoms with Crippen molar-refractivity contribution >= 4 is 0 Å². The highest BCUT2D eigenvalue weighted by molar-refractivity contribution is 5.35. The van der Waals surface area contributed by atoms with Gasteiger partial charge in [-0.3, -0.25) is 0 Å². The maximum Gasteiger partial charge on any atom is 0.125 e. The molecule has 1 aliphatic carbocycles. The standard InChI is InChI=1S/C17H26O3/c1-2-16(19)15-9-5-6-10-17(15)20-12-14(18)11-13-7-3-4-8-13/h5-6,9-10,13-14,16,18-19H,2-4,7-8,11-12H2,1H3/t14?,16-/m1/s1. The van der Waals surface area contributed by atoms with E-state index >= 15 is 0 Å². The Labute approximate surface area is 121 Å². The molecule has 0 saturated heterocycles. The Bertz CT molecular complexity index is 399. The van der Waals surface area contributed by atoms with Gasteiger partial charge in [-0.2, -0.15) is 0 Å². The average Bonchev–Trinajstić information content (AvgIpc) is 2.97. The topological polar surface area (TPSA) is 49.7 Å². The molecule has 0 radical (unpaired) electrons. The number of rotatable bonds is 7. The number of hydrogen-bond acceptors (Lipinski definition) is 3. The molecule has 1 saturated carbocycles. The van der Waals surface area contributed by atoms with E-state index in [1.165, 1.54) is 25.7 Å². The minimum atomic E-state index is -0.502. The fourth-order valence-corrected chi connectivity index (χ4v) is 2.99. The quantitative estimate of drug-likeness (QED) is 0.803. The van der Waals surface area contributed by atoms with Crippen molar-refractivity contribution in [2.75, 3.05) is 6.61 Å². The molecule has 0 heterocycles. The van der Waals surface area contributed by atoms with Crippen LogP contribution >= 0.6 is 0 Å². The molecule has 1 aliphatic rings. The molecule has 112 valence electrons. The Kier molecular flexibility index (Phi) is 5.86. The second kappa shape index (κ2) is 7.65. The maximum atomic E-state index is 10.1. The van der Waals surface area contributed by atoms with Crippen molar-refractivity contribution < 1.29 is 14.9 Å². The van der Waals surface area contributed by atoms with Gasteiger partial charge in [0.15, 0.2) is 0 Å². The van der Waals surface area contributed by atoms with Crippen LogP contribution in [0.1, 0.15) is 57.1 Å². The highest BCUT2D eigenvalue weighted by atomic mass is 16.5. The van der Waals surface area contributed by atoms with Crippen LogP contribution in [0.15, 0.2) is 24.3 Å². The van der Waals surface area contributed by atoms with E-state index in [4.69, 9.17) is 4.74 Å². The minimum Gasteiger partial charge on any atom is -0.491 e. The van der Waals surface area contributed by atoms with Gasteiger partial charge in [-0.1, -0.05) is 50.8 Å². The van der Waals surface area contributed by atoms with Gasteiger partial charge in [0.25, 0.3) is 0 Å². The second-order valence-electron chi connectivity index (χ2n) is 5.81. The van der Waals surface area contributed by atoms with Crippen molar-refractivity contribution in [2.24, 2.45) is 5.92 Å². The lowest BCUT2D eigenvalue weighted by Crippen LogP contribution is -2.21. The highest BCUT2D eigenvalue weighted by Gasteiger charge is 2.19. The van der Waals surface area contributed by atoms with Crippen LogP contribution in [0.2, 0.25) is 0 Å². The number of benzene rings is 1. The van der Waals surface area contributed by atoms with Crippen LogP contribution in [-0.2, 0) is 0 Å². The maximum absolute atomic E-state index is 10.1. The van der Waals surface area contributed by atoms with Crippen LogP contribution in [-0.4, -0.2) is 22.9 Å². The van der Waals surface area contributed by atoms with Crippen molar-refractivity contribution in [2.45, 2.75) is 57.7 Å². The largest absolute Gasteiger partial charge is 0.491 e. The molecule has 1 unspecified atom stereocenters. The SMILES string of the molecule is CC[C@@H](O)c1ccccc1OCC(O)CC1CCCC1. The summed E-state index contributed by atoms with van der Waals surface area (Å²) in [6, 6.07) is 7.53. The molecule has 0 spiro atoms. The summed E-state index contributed by atoms with van der Waals surface area (Å²) >= 11 is 0. The number of hydrogen-bond donors (Lipinski definition) is 2. The molecule has 2 N–H and O–H groups in total. The normalized spacial score (nSPS) is 18.9. The van der Waals surface area contributed by atoms with Gasteiger partial charge < -0.3 is 14.9 Å². The fraction of sp³-hybridized carbons (Fsp3) is 0.647. The molecule has 2 atom stereocenters. The zero-order chi connectivity index (χ0) is 14.4. The Hall–Kier alpha value is -1.06. The van der Waals surface area contributed by atoms with Gasteiger partial charge in [0.1, 0.15) is 12.4 Å². The highest BCUT2D eigenvalue weighted by Crippen LogP contribution is 2.30. The van der Waals surface area contributed by atoms with Crippen LogP contribution in [0.4, 0.5) is 0 Å². The Morgan fingerprint density at radius 3 is 2.60 bits per heavy atom. The number of ether oxygens (including phenoxy) is 1. The second-order valence-corrected chi connectivity index (χ2v) is 5.81. The van der Waals surface area contributed by atoms with Crippen LogP contribution < -0.4 is 4.74 Å². The lowest BCUT2D eigenvalue weighted by Gasteiger charge is -2.19. The van der Waals surface area contributed by atoms with Gasteiger partial charge >= 0.3 is 0 Å². The molecular formula is C17H26O3. The number of aliphatic hydroxyl groups excluding tert-OH is 2. The number of para-hydroxylation sites is 1. The molecule has 20 heavy (non-hydrogen) atoms. The minimum absolute atomic E-state index is 0.309. The molecule has 1 aromatic carbocycles. The molecule has 0 amide bonds. The van der Waals surface area contributed by atoms with E-state index in [0.717, 1.165) is 12.0 Å². The zero-order valence-electron chi connectivity index (χ0n) is 12.3. The summed E-state index contributed by atoms with van der Waals surface area (Å²) in [5.41, 5.74) is 0.808. The van der Waals surface area contributed by atoms with Crippen molar-refractivity contribution in [1.82, 2.24) is 0 Å². The van der Waals surface area contributed by atoms with E-state index in [1.807, 2.05) is 31.2 Å². The van der Waals surface area contributed by atoms with Crippen LogP contribution in [0, 0.1) is 5.92 Å². The van der Waals surface area contributed by atoms with E-state index < -0.39 is 12.2 Å². The van der Waals surface area contributed by atoms with Crippen LogP contribution in [0.5, 0.6) is 5.75 Å². The van der Waals surface area contributed by atoms with Gasteiger partial charge in [0.05, 0.1) is 12.2 Å². The van der Waals surface area contributed by atoms with Crippen molar-refractivity contribution in [3.8, 4) is 5.75 Å². The molecule has 3 heteroatoms. The molecule has 3 nitrogen and oxygen atoms in total. The molecule has 0 aliphatic heterocycles. The van der Waals surface area contributed by atoms with Gasteiger partial charge in [-0.25, -0.2) is 0 Å². The van der Waals surface area contributed by atoms with Crippen LogP contribution in [0.3, 0.4) is 0 Å². The lowest BCUT2D eigenvalue weighted by atomic mass is 10.0. The third-order valence-corrected chi connectivity index (χ3v) is 4.18. The average molecular weight is 278 g/mol. The molecule has 0 aromatic heterocycles. The zero-order valence-corrected chi connectivity index (χ0v) is 12.3. The van der Waals surface area contributed by atoms with Gasteiger partial charge in [0.2, 0.25) is 0 Å². The van der Waals surface area contributed by atoms with E-state index in [1.54, 1.807) is 0 Å². The van der Waals surface area contributed by atoms with Crippen LogP contribution in [0.25, 0.3) is 0 Å². The Balaban J connectivity index is 1.86. The predicted octanol–water partition coefficient (Wildman–Crippen LogP) is 3.45. The Morgan fingerprint density at radius 1 is 1.20 bits per heavy atom. The first kappa shape index (κ1) is 15.3.